The van der Waals surface area contributed by atoms with Crippen LogP contribution in [-0.4, -0.2) is 55.3 Å². The van der Waals surface area contributed by atoms with Crippen LogP contribution in [0.2, 0.25) is 5.15 Å². The van der Waals surface area contributed by atoms with Gasteiger partial charge in [0.25, 0.3) is 0 Å². The van der Waals surface area contributed by atoms with Gasteiger partial charge in [0.2, 0.25) is 10.0 Å². The average Bonchev–Trinajstić information content (AvgIpc) is 2.35. The number of nitrogens with zero attached hydrogens (tertiary/aromatic N) is 3. The fourth-order valence-corrected chi connectivity index (χ4v) is 4.39. The number of likely N-dealkylation sites (N-methyl/N-ethyl adjacent to an activating group) is 1. The van der Waals surface area contributed by atoms with E-state index in [4.69, 9.17) is 11.6 Å². The Labute approximate surface area is 126 Å². The Hall–Kier alpha value is -0.210. The predicted molar refractivity (Wildman–Crippen MR) is 77.8 cm³/mol. The summed E-state index contributed by atoms with van der Waals surface area (Å²) >= 11 is 9.14. The van der Waals surface area contributed by atoms with E-state index in [2.05, 4.69) is 25.8 Å². The first-order chi connectivity index (χ1) is 8.82. The molecule has 2 rings (SSSR count). The minimum absolute atomic E-state index is 0.00906. The van der Waals surface area contributed by atoms with Gasteiger partial charge >= 0.3 is 0 Å². The largest absolute Gasteiger partial charge is 0.301 e. The highest BCUT2D eigenvalue weighted by atomic mass is 79.9. The van der Waals surface area contributed by atoms with Crippen molar-refractivity contribution in [2.45, 2.75) is 17.9 Å². The maximum atomic E-state index is 12.6. The Morgan fingerprint density at radius 1 is 1.47 bits per heavy atom. The highest BCUT2D eigenvalue weighted by Gasteiger charge is 2.32. The predicted octanol–water partition coefficient (Wildman–Crippen LogP) is 1.82. The molecule has 106 valence electrons. The van der Waals surface area contributed by atoms with Crippen LogP contribution in [0.4, 0.5) is 0 Å². The summed E-state index contributed by atoms with van der Waals surface area (Å²) in [5.41, 5.74) is 0. The van der Waals surface area contributed by atoms with Crippen LogP contribution in [0, 0.1) is 0 Å². The zero-order chi connectivity index (χ0) is 14.2. The third kappa shape index (κ3) is 3.11. The summed E-state index contributed by atoms with van der Waals surface area (Å²) < 4.78 is 27.2. The van der Waals surface area contributed by atoms with Crippen LogP contribution in [0.5, 0.6) is 0 Å². The van der Waals surface area contributed by atoms with E-state index in [0.717, 1.165) is 0 Å². The number of piperazine rings is 1. The molecule has 19 heavy (non-hydrogen) atoms. The van der Waals surface area contributed by atoms with Crippen molar-refractivity contribution in [1.82, 2.24) is 14.2 Å². The van der Waals surface area contributed by atoms with Gasteiger partial charge in [0.1, 0.15) is 10.0 Å². The molecule has 1 aromatic heterocycles. The lowest BCUT2D eigenvalue weighted by molar-refractivity contribution is 0.159. The second kappa shape index (κ2) is 5.65. The van der Waals surface area contributed by atoms with Crippen molar-refractivity contribution in [3.63, 3.8) is 0 Å². The normalized spacial score (nSPS) is 22.6. The number of aromatic nitrogens is 1. The zero-order valence-electron chi connectivity index (χ0n) is 10.7. The van der Waals surface area contributed by atoms with Crippen molar-refractivity contribution in [1.29, 1.82) is 0 Å². The molecule has 8 heteroatoms. The summed E-state index contributed by atoms with van der Waals surface area (Å²) in [6.45, 7) is 3.63. The second-order valence-corrected chi connectivity index (χ2v) is 7.82. The van der Waals surface area contributed by atoms with E-state index < -0.39 is 10.0 Å². The fourth-order valence-electron chi connectivity index (χ4n) is 1.96. The average molecular weight is 369 g/mol. The number of pyridine rings is 1. The topological polar surface area (TPSA) is 53.5 Å². The summed E-state index contributed by atoms with van der Waals surface area (Å²) in [6.07, 6.45) is 1.48. The quantitative estimate of drug-likeness (QED) is 0.747. The SMILES string of the molecule is CC1CN(S(=O)(=O)c2cc(Br)cnc2Cl)CCN1C. The first kappa shape index (κ1) is 15.2. The van der Waals surface area contributed by atoms with Gasteiger partial charge in [0, 0.05) is 36.3 Å². The zero-order valence-corrected chi connectivity index (χ0v) is 13.8. The van der Waals surface area contributed by atoms with Crippen LogP contribution in [0.3, 0.4) is 0 Å². The molecule has 0 amide bonds. The molecule has 0 aromatic carbocycles. The Morgan fingerprint density at radius 3 is 2.79 bits per heavy atom. The molecule has 1 unspecified atom stereocenters. The molecule has 0 saturated carbocycles. The molecule has 5 nitrogen and oxygen atoms in total. The lowest BCUT2D eigenvalue weighted by atomic mass is 10.2. The lowest BCUT2D eigenvalue weighted by Gasteiger charge is -2.36. The smallest absolute Gasteiger partial charge is 0.246 e. The first-order valence-corrected chi connectivity index (χ1v) is 8.45. The second-order valence-electron chi connectivity index (χ2n) is 4.64. The highest BCUT2D eigenvalue weighted by Crippen LogP contribution is 2.27. The van der Waals surface area contributed by atoms with Crippen molar-refractivity contribution in [3.8, 4) is 0 Å². The van der Waals surface area contributed by atoms with E-state index in [9.17, 15) is 8.42 Å². The summed E-state index contributed by atoms with van der Waals surface area (Å²) in [5.74, 6) is 0. The van der Waals surface area contributed by atoms with Crippen molar-refractivity contribution >= 4 is 37.6 Å². The van der Waals surface area contributed by atoms with Crippen LogP contribution < -0.4 is 0 Å². The third-order valence-electron chi connectivity index (χ3n) is 3.31. The molecule has 0 bridgehead atoms. The number of halogens is 2. The van der Waals surface area contributed by atoms with E-state index >= 15 is 0 Å². The van der Waals surface area contributed by atoms with Crippen molar-refractivity contribution in [3.05, 3.63) is 21.9 Å². The molecule has 1 aliphatic heterocycles. The lowest BCUT2D eigenvalue weighted by Crippen LogP contribution is -2.51. The van der Waals surface area contributed by atoms with Gasteiger partial charge in [-0.05, 0) is 36.0 Å². The van der Waals surface area contributed by atoms with Gasteiger partial charge in [-0.25, -0.2) is 13.4 Å². The molecule has 1 fully saturated rings. The highest BCUT2D eigenvalue weighted by molar-refractivity contribution is 9.10. The minimum atomic E-state index is -3.59. The van der Waals surface area contributed by atoms with Crippen LogP contribution in [0.1, 0.15) is 6.92 Å². The number of sulfonamides is 1. The maximum Gasteiger partial charge on any atom is 0.246 e. The Bertz CT molecular complexity index is 581. The van der Waals surface area contributed by atoms with Gasteiger partial charge < -0.3 is 4.90 Å². The van der Waals surface area contributed by atoms with E-state index in [1.54, 1.807) is 0 Å². The van der Waals surface area contributed by atoms with Crippen molar-refractivity contribution in [2.75, 3.05) is 26.7 Å². The van der Waals surface area contributed by atoms with Crippen molar-refractivity contribution < 1.29 is 8.42 Å². The molecule has 1 saturated heterocycles. The molecule has 0 spiro atoms. The Balaban J connectivity index is 2.35. The Morgan fingerprint density at radius 2 is 2.16 bits per heavy atom. The fraction of sp³-hybridized carbons (Fsp3) is 0.545. The minimum Gasteiger partial charge on any atom is -0.301 e. The summed E-state index contributed by atoms with van der Waals surface area (Å²) in [5, 5.41) is 0.00906. The molecule has 0 aliphatic carbocycles. The number of hydrogen-bond donors (Lipinski definition) is 0. The number of rotatable bonds is 2. The summed E-state index contributed by atoms with van der Waals surface area (Å²) in [4.78, 5) is 6.06. The molecule has 1 aliphatic rings. The summed E-state index contributed by atoms with van der Waals surface area (Å²) in [7, 11) is -1.60. The van der Waals surface area contributed by atoms with Gasteiger partial charge in [0.15, 0.2) is 0 Å². The van der Waals surface area contributed by atoms with E-state index in [0.29, 0.717) is 24.1 Å². The van der Waals surface area contributed by atoms with Crippen LogP contribution in [-0.2, 0) is 10.0 Å². The summed E-state index contributed by atoms with van der Waals surface area (Å²) in [6, 6.07) is 1.68. The Kier molecular flexibility index (Phi) is 4.52. The molecule has 1 atom stereocenters. The third-order valence-corrected chi connectivity index (χ3v) is 6.04. The maximum absolute atomic E-state index is 12.6. The van der Waals surface area contributed by atoms with Gasteiger partial charge in [-0.1, -0.05) is 11.6 Å². The van der Waals surface area contributed by atoms with Crippen molar-refractivity contribution in [2.24, 2.45) is 0 Å². The standard InChI is InChI=1S/C11H15BrClN3O2S/c1-8-7-16(4-3-15(8)2)19(17,18)10-5-9(12)6-14-11(10)13/h5-6,8H,3-4,7H2,1-2H3. The monoisotopic (exact) mass is 367 g/mol. The molecular formula is C11H15BrClN3O2S. The molecular weight excluding hydrogens is 354 g/mol. The van der Waals surface area contributed by atoms with Gasteiger partial charge in [-0.3, -0.25) is 0 Å². The molecule has 0 radical (unpaired) electrons. The van der Waals surface area contributed by atoms with Gasteiger partial charge in [-0.15, -0.1) is 0 Å². The van der Waals surface area contributed by atoms with Crippen LogP contribution in [0.15, 0.2) is 21.6 Å². The van der Waals surface area contributed by atoms with E-state index in [-0.39, 0.29) is 16.1 Å². The molecule has 0 N–H and O–H groups in total. The molecule has 2 heterocycles. The molecule has 1 aromatic rings. The van der Waals surface area contributed by atoms with E-state index in [1.807, 2.05) is 14.0 Å². The van der Waals surface area contributed by atoms with Crippen LogP contribution >= 0.6 is 27.5 Å². The van der Waals surface area contributed by atoms with Crippen LogP contribution in [0.25, 0.3) is 0 Å². The van der Waals surface area contributed by atoms with Gasteiger partial charge in [-0.2, -0.15) is 4.31 Å². The first-order valence-electron chi connectivity index (χ1n) is 5.84. The van der Waals surface area contributed by atoms with Gasteiger partial charge in [0.05, 0.1) is 0 Å². The van der Waals surface area contributed by atoms with E-state index in [1.165, 1.54) is 16.6 Å². The number of hydrogen-bond acceptors (Lipinski definition) is 4.